The lowest BCUT2D eigenvalue weighted by atomic mass is 9.66. The summed E-state index contributed by atoms with van der Waals surface area (Å²) in [5, 5.41) is 0. The Morgan fingerprint density at radius 2 is 1.02 bits per heavy atom. The first-order valence-corrected chi connectivity index (χ1v) is 15.7. The summed E-state index contributed by atoms with van der Waals surface area (Å²) in [4.78, 5) is 72.5. The molecule has 2 saturated heterocycles. The van der Waals surface area contributed by atoms with E-state index >= 15 is 0 Å². The molecular weight excluding hydrogens is 568 g/mol. The zero-order valence-corrected chi connectivity index (χ0v) is 26.7. The van der Waals surface area contributed by atoms with Crippen LogP contribution in [0.3, 0.4) is 0 Å². The first kappa shape index (κ1) is 32.1. The van der Waals surface area contributed by atoms with E-state index in [4.69, 9.17) is 18.9 Å². The molecule has 0 bridgehead atoms. The smallest absolute Gasteiger partial charge is 0.309 e. The Morgan fingerprint density at radius 1 is 0.682 bits per heavy atom. The minimum absolute atomic E-state index is 0.000789. The normalized spacial score (nSPS) is 46.7. The van der Waals surface area contributed by atoms with Gasteiger partial charge in [-0.25, -0.2) is 0 Å². The van der Waals surface area contributed by atoms with Gasteiger partial charge in [-0.2, -0.15) is 0 Å². The molecule has 240 valence electrons. The topological polar surface area (TPSA) is 139 Å². The van der Waals surface area contributed by atoms with Crippen molar-refractivity contribution < 1.29 is 47.7 Å². The van der Waals surface area contributed by atoms with Crippen LogP contribution in [0.4, 0.5) is 0 Å². The standard InChI is InChI=1S/2C17H22O5/c2*1-8-7-12-14(9(2)16(20)22-12)15(21-10(3)18)17(4)11(8)5-6-13(17)19/h2*5-6,8-9,11-12,14-15H,7H2,1-4H3/t2*8-,9-,11+,12+,14-,15-,17+/m11/s1. The van der Waals surface area contributed by atoms with E-state index < -0.39 is 35.0 Å². The summed E-state index contributed by atoms with van der Waals surface area (Å²) in [6.45, 7) is 14.1. The fourth-order valence-electron chi connectivity index (χ4n) is 9.23. The van der Waals surface area contributed by atoms with Crippen LogP contribution in [0.2, 0.25) is 0 Å². The SMILES string of the molecule is CC(=O)O[C@@H]1[C@H]2[C@H](C[C@@H](C)[C@@H]3C=CC(=O)[C@@]13C)OC(=O)[C@@H]2C.CC(=O)O[C@@H]1[C@H]2[C@H](C[C@@H](C)[C@@H]3C=CC(=O)[C@@]13C)OC(=O)[C@@H]2C. The molecular formula is C34H44O10. The van der Waals surface area contributed by atoms with Crippen molar-refractivity contribution in [3.8, 4) is 0 Å². The van der Waals surface area contributed by atoms with E-state index in [9.17, 15) is 28.8 Å². The molecule has 0 N–H and O–H groups in total. The van der Waals surface area contributed by atoms with Crippen molar-refractivity contribution >= 4 is 35.4 Å². The minimum Gasteiger partial charge on any atom is -0.462 e. The molecule has 2 heterocycles. The lowest BCUT2D eigenvalue weighted by molar-refractivity contribution is -0.166. The Morgan fingerprint density at radius 3 is 1.34 bits per heavy atom. The quantitative estimate of drug-likeness (QED) is 0.334. The van der Waals surface area contributed by atoms with Gasteiger partial charge >= 0.3 is 23.9 Å². The molecule has 4 fully saturated rings. The first-order valence-electron chi connectivity index (χ1n) is 15.7. The number of hydrogen-bond donors (Lipinski definition) is 0. The second-order valence-corrected chi connectivity index (χ2v) is 14.2. The molecule has 10 nitrogen and oxygen atoms in total. The molecule has 10 heteroatoms. The molecule has 6 aliphatic rings. The van der Waals surface area contributed by atoms with Gasteiger partial charge < -0.3 is 18.9 Å². The van der Waals surface area contributed by atoms with Gasteiger partial charge in [0, 0.05) is 25.7 Å². The van der Waals surface area contributed by atoms with Crippen molar-refractivity contribution in [2.45, 2.75) is 92.6 Å². The largest absolute Gasteiger partial charge is 0.462 e. The van der Waals surface area contributed by atoms with Crippen LogP contribution in [0, 0.1) is 58.2 Å². The maximum atomic E-state index is 12.6. The predicted octanol–water partition coefficient (Wildman–Crippen LogP) is 3.79. The third kappa shape index (κ3) is 4.83. The summed E-state index contributed by atoms with van der Waals surface area (Å²) in [5.74, 6) is -2.34. The number of ether oxygens (including phenoxy) is 4. The first-order chi connectivity index (χ1) is 20.5. The molecule has 0 radical (unpaired) electrons. The number of esters is 4. The number of allylic oxidation sites excluding steroid dienone is 4. The highest BCUT2D eigenvalue weighted by atomic mass is 16.6. The van der Waals surface area contributed by atoms with E-state index in [0.717, 1.165) is 0 Å². The Hall–Kier alpha value is -3.30. The van der Waals surface area contributed by atoms with Crippen LogP contribution in [0.15, 0.2) is 24.3 Å². The molecule has 0 aromatic heterocycles. The summed E-state index contributed by atoms with van der Waals surface area (Å²) in [6, 6.07) is 0. The monoisotopic (exact) mass is 612 g/mol. The van der Waals surface area contributed by atoms with Crippen LogP contribution in [0.25, 0.3) is 0 Å². The molecule has 0 spiro atoms. The van der Waals surface area contributed by atoms with Crippen molar-refractivity contribution in [2.75, 3.05) is 0 Å². The Kier molecular flexibility index (Phi) is 8.21. The molecule has 2 aliphatic heterocycles. The van der Waals surface area contributed by atoms with Crippen LogP contribution < -0.4 is 0 Å². The highest BCUT2D eigenvalue weighted by Gasteiger charge is 2.64. The van der Waals surface area contributed by atoms with Gasteiger partial charge in [0.1, 0.15) is 24.4 Å². The van der Waals surface area contributed by atoms with Crippen LogP contribution in [0.5, 0.6) is 0 Å². The Balaban J connectivity index is 0.000000175. The van der Waals surface area contributed by atoms with E-state index in [2.05, 4.69) is 13.8 Å². The van der Waals surface area contributed by atoms with E-state index in [1.807, 2.05) is 26.0 Å². The van der Waals surface area contributed by atoms with Gasteiger partial charge in [-0.1, -0.05) is 39.8 Å². The molecule has 14 atom stereocenters. The minimum atomic E-state index is -0.813. The maximum absolute atomic E-state index is 12.6. The zero-order chi connectivity index (χ0) is 32.5. The van der Waals surface area contributed by atoms with E-state index in [-0.39, 0.29) is 83.1 Å². The number of hydrogen-bond acceptors (Lipinski definition) is 10. The van der Waals surface area contributed by atoms with Gasteiger partial charge in [0.25, 0.3) is 0 Å². The van der Waals surface area contributed by atoms with Crippen LogP contribution in [-0.2, 0) is 47.7 Å². The maximum Gasteiger partial charge on any atom is 0.309 e. The average Bonchev–Trinajstić information content (AvgIpc) is 3.56. The van der Waals surface area contributed by atoms with Gasteiger partial charge in [-0.15, -0.1) is 0 Å². The van der Waals surface area contributed by atoms with E-state index in [1.165, 1.54) is 13.8 Å². The van der Waals surface area contributed by atoms with Gasteiger partial charge in [-0.3, -0.25) is 28.8 Å². The Bertz CT molecular complexity index is 1230. The van der Waals surface area contributed by atoms with Gasteiger partial charge in [-0.05, 0) is 62.5 Å². The lowest BCUT2D eigenvalue weighted by Crippen LogP contribution is -2.50. The number of fused-ring (bicyclic) bond motifs is 4. The van der Waals surface area contributed by atoms with Crippen molar-refractivity contribution in [1.82, 2.24) is 0 Å². The molecule has 0 aromatic rings. The van der Waals surface area contributed by atoms with Crippen molar-refractivity contribution in [3.05, 3.63) is 24.3 Å². The molecule has 6 rings (SSSR count). The summed E-state index contributed by atoms with van der Waals surface area (Å²) in [6.07, 6.45) is 6.60. The van der Waals surface area contributed by atoms with E-state index in [0.29, 0.717) is 12.8 Å². The summed E-state index contributed by atoms with van der Waals surface area (Å²) >= 11 is 0. The molecule has 44 heavy (non-hydrogen) atoms. The second-order valence-electron chi connectivity index (χ2n) is 14.2. The molecule has 0 aromatic carbocycles. The summed E-state index contributed by atoms with van der Waals surface area (Å²) in [7, 11) is 0. The van der Waals surface area contributed by atoms with Crippen molar-refractivity contribution in [2.24, 2.45) is 58.2 Å². The lowest BCUT2D eigenvalue weighted by Gasteiger charge is -2.40. The highest BCUT2D eigenvalue weighted by molar-refractivity contribution is 5.99. The average molecular weight is 613 g/mol. The van der Waals surface area contributed by atoms with Crippen LogP contribution >= 0.6 is 0 Å². The highest BCUT2D eigenvalue weighted by Crippen LogP contribution is 2.56. The predicted molar refractivity (Wildman–Crippen MR) is 155 cm³/mol. The van der Waals surface area contributed by atoms with Crippen molar-refractivity contribution in [1.29, 1.82) is 0 Å². The summed E-state index contributed by atoms with van der Waals surface area (Å²) in [5.41, 5.74) is -1.63. The third-order valence-electron chi connectivity index (χ3n) is 11.5. The number of rotatable bonds is 2. The zero-order valence-electron chi connectivity index (χ0n) is 26.7. The van der Waals surface area contributed by atoms with Gasteiger partial charge in [0.2, 0.25) is 0 Å². The third-order valence-corrected chi connectivity index (χ3v) is 11.5. The fourth-order valence-corrected chi connectivity index (χ4v) is 9.23. The summed E-state index contributed by atoms with van der Waals surface area (Å²) < 4.78 is 22.3. The number of carbonyl (C=O) groups excluding carboxylic acids is 6. The molecule has 4 aliphatic carbocycles. The van der Waals surface area contributed by atoms with Gasteiger partial charge in [0.15, 0.2) is 11.6 Å². The van der Waals surface area contributed by atoms with Gasteiger partial charge in [0.05, 0.1) is 22.7 Å². The fraction of sp³-hybridized carbons (Fsp3) is 0.706. The van der Waals surface area contributed by atoms with Crippen LogP contribution in [-0.4, -0.2) is 59.9 Å². The van der Waals surface area contributed by atoms with Crippen molar-refractivity contribution in [3.63, 3.8) is 0 Å². The number of ketones is 2. The number of carbonyl (C=O) groups is 6. The molecule has 0 unspecified atom stereocenters. The second kappa shape index (κ2) is 11.2. The molecule has 0 amide bonds. The van der Waals surface area contributed by atoms with Crippen LogP contribution in [0.1, 0.15) is 68.2 Å². The molecule has 2 saturated carbocycles. The van der Waals surface area contributed by atoms with E-state index in [1.54, 1.807) is 26.0 Å². The Labute approximate surface area is 258 Å².